The number of aliphatic imine (C=N–C) groups is 1. The molecule has 0 N–H and O–H groups in total. The quantitative estimate of drug-likeness (QED) is 0.474. The maximum Gasteiger partial charge on any atom is 0.318 e. The Morgan fingerprint density at radius 1 is 1.09 bits per heavy atom. The van der Waals surface area contributed by atoms with Gasteiger partial charge in [-0.05, 0) is 31.2 Å². The van der Waals surface area contributed by atoms with Gasteiger partial charge in [-0.1, -0.05) is 0 Å². The highest BCUT2D eigenvalue weighted by atomic mass is 16.5. The molecule has 0 aliphatic carbocycles. The third-order valence-electron chi connectivity index (χ3n) is 4.86. The molecule has 0 amide bonds. The van der Waals surface area contributed by atoms with E-state index >= 15 is 0 Å². The number of hydrogen-bond acceptors (Lipinski definition) is 9. The number of methoxy groups -OCH3 is 1. The van der Waals surface area contributed by atoms with E-state index in [4.69, 9.17) is 14.2 Å². The molecule has 1 aliphatic heterocycles. The lowest BCUT2D eigenvalue weighted by atomic mass is 10.2. The van der Waals surface area contributed by atoms with Crippen molar-refractivity contribution >= 4 is 34.0 Å². The lowest BCUT2D eigenvalue weighted by Gasteiger charge is -2.28. The number of nitrogens with zero attached hydrogens (tertiary/aromatic N) is 7. The summed E-state index contributed by atoms with van der Waals surface area (Å²) in [6.45, 7) is 2.71. The zero-order valence-electron chi connectivity index (χ0n) is 17.9. The number of ether oxygens (including phenoxy) is 3. The largest absolute Gasteiger partial charge is 0.481 e. The van der Waals surface area contributed by atoms with Crippen molar-refractivity contribution in [1.29, 1.82) is 0 Å². The number of anilines is 2. The molecule has 1 aromatic carbocycles. The van der Waals surface area contributed by atoms with E-state index in [1.165, 1.54) is 0 Å². The molecule has 0 spiro atoms. The van der Waals surface area contributed by atoms with E-state index in [1.54, 1.807) is 30.3 Å². The first-order valence-electron chi connectivity index (χ1n) is 10.1. The molecular weight excluding hydrogens is 410 g/mol. The summed E-state index contributed by atoms with van der Waals surface area (Å²) in [7, 11) is 3.47. The van der Waals surface area contributed by atoms with Crippen LogP contribution in [0.3, 0.4) is 0 Å². The lowest BCUT2D eigenvalue weighted by Crippen LogP contribution is -2.32. The molecule has 4 aromatic rings. The van der Waals surface area contributed by atoms with Crippen molar-refractivity contribution in [2.45, 2.75) is 6.92 Å². The highest BCUT2D eigenvalue weighted by molar-refractivity contribution is 5.94. The fourth-order valence-corrected chi connectivity index (χ4v) is 3.46. The van der Waals surface area contributed by atoms with E-state index < -0.39 is 0 Å². The Bertz CT molecular complexity index is 1300. The fraction of sp³-hybridized carbons (Fsp3) is 0.227. The topological polar surface area (TPSA) is 99.8 Å². The van der Waals surface area contributed by atoms with Crippen molar-refractivity contribution < 1.29 is 14.2 Å². The first-order valence-corrected chi connectivity index (χ1v) is 10.1. The second-order valence-electron chi connectivity index (χ2n) is 7.07. The summed E-state index contributed by atoms with van der Waals surface area (Å²) in [5.41, 5.74) is 2.29. The van der Waals surface area contributed by atoms with Gasteiger partial charge in [-0.3, -0.25) is 4.68 Å². The van der Waals surface area contributed by atoms with Gasteiger partial charge < -0.3 is 19.1 Å². The molecule has 10 heteroatoms. The van der Waals surface area contributed by atoms with Gasteiger partial charge in [0.05, 0.1) is 37.3 Å². The smallest absolute Gasteiger partial charge is 0.318 e. The first kappa shape index (κ1) is 19.7. The third-order valence-corrected chi connectivity index (χ3v) is 4.86. The van der Waals surface area contributed by atoms with Crippen LogP contribution in [0.2, 0.25) is 0 Å². The Balaban J connectivity index is 1.51. The molecule has 32 heavy (non-hydrogen) atoms. The second-order valence-corrected chi connectivity index (χ2v) is 7.07. The van der Waals surface area contributed by atoms with Gasteiger partial charge >= 0.3 is 6.01 Å². The van der Waals surface area contributed by atoms with Gasteiger partial charge in [-0.15, -0.1) is 0 Å². The molecule has 0 unspecified atom stereocenters. The number of rotatable bonds is 5. The van der Waals surface area contributed by atoms with E-state index in [9.17, 15) is 0 Å². The molecule has 0 saturated heterocycles. The average molecular weight is 431 g/mol. The highest BCUT2D eigenvalue weighted by Crippen LogP contribution is 2.36. The lowest BCUT2D eigenvalue weighted by molar-refractivity contribution is 0.312. The van der Waals surface area contributed by atoms with E-state index in [0.29, 0.717) is 48.2 Å². The number of aromatic nitrogens is 5. The maximum atomic E-state index is 6.14. The minimum Gasteiger partial charge on any atom is -0.481 e. The molecule has 0 fully saturated rings. The monoisotopic (exact) mass is 431 g/mol. The standard InChI is InChI=1S/C22H21N7O3/c1-4-31-22-24-11-18-21(26-22)29(15-5-8-19(30-3)23-10-15)13-20(25-18)32-16-6-7-17-14(9-16)12-28(2)27-17/h5-12H,4,13H2,1-3H3. The van der Waals surface area contributed by atoms with Crippen molar-refractivity contribution in [3.8, 4) is 17.6 Å². The van der Waals surface area contributed by atoms with Gasteiger partial charge in [0.25, 0.3) is 0 Å². The van der Waals surface area contributed by atoms with Crippen LogP contribution < -0.4 is 19.1 Å². The van der Waals surface area contributed by atoms with E-state index in [0.717, 1.165) is 16.6 Å². The predicted molar refractivity (Wildman–Crippen MR) is 119 cm³/mol. The van der Waals surface area contributed by atoms with Crippen LogP contribution >= 0.6 is 0 Å². The van der Waals surface area contributed by atoms with E-state index in [-0.39, 0.29) is 0 Å². The SMILES string of the molecule is CCOc1ncc2c(n1)N(c1ccc(OC)nc1)CC(Oc1ccc3nn(C)cc3c1)=N2. The minimum absolute atomic E-state index is 0.291. The number of pyridine rings is 1. The Morgan fingerprint density at radius 3 is 2.78 bits per heavy atom. The molecule has 5 rings (SSSR count). The van der Waals surface area contributed by atoms with Crippen LogP contribution in [0, 0.1) is 0 Å². The van der Waals surface area contributed by atoms with Crippen LogP contribution in [0.4, 0.5) is 17.2 Å². The normalized spacial score (nSPS) is 13.0. The third kappa shape index (κ3) is 3.78. The van der Waals surface area contributed by atoms with Crippen LogP contribution in [0.15, 0.2) is 53.9 Å². The van der Waals surface area contributed by atoms with Crippen LogP contribution in [0.25, 0.3) is 10.9 Å². The van der Waals surface area contributed by atoms with Gasteiger partial charge in [0.15, 0.2) is 5.82 Å². The highest BCUT2D eigenvalue weighted by Gasteiger charge is 2.25. The van der Waals surface area contributed by atoms with Crippen LogP contribution in [-0.4, -0.2) is 50.9 Å². The molecule has 162 valence electrons. The number of fused-ring (bicyclic) bond motifs is 2. The van der Waals surface area contributed by atoms with Gasteiger partial charge in [-0.2, -0.15) is 10.1 Å². The van der Waals surface area contributed by atoms with Gasteiger partial charge in [0.1, 0.15) is 18.0 Å². The molecule has 0 bridgehead atoms. The Kier molecular flexibility index (Phi) is 5.02. The van der Waals surface area contributed by atoms with E-state index in [1.807, 2.05) is 49.3 Å². The van der Waals surface area contributed by atoms with Crippen molar-refractivity contribution in [1.82, 2.24) is 24.7 Å². The summed E-state index contributed by atoms with van der Waals surface area (Å²) in [5, 5.41) is 5.39. The number of benzene rings is 1. The molecule has 10 nitrogen and oxygen atoms in total. The molecular formula is C22H21N7O3. The Hall–Kier alpha value is -4.21. The van der Waals surface area contributed by atoms with Crippen molar-refractivity contribution in [2.75, 3.05) is 25.2 Å². The summed E-state index contributed by atoms with van der Waals surface area (Å²) < 4.78 is 18.6. The zero-order valence-corrected chi connectivity index (χ0v) is 17.9. The average Bonchev–Trinajstić information content (AvgIpc) is 3.18. The molecule has 1 aliphatic rings. The van der Waals surface area contributed by atoms with Crippen LogP contribution in [-0.2, 0) is 7.05 Å². The van der Waals surface area contributed by atoms with Crippen molar-refractivity contribution in [3.63, 3.8) is 0 Å². The minimum atomic E-state index is 0.291. The number of aryl methyl sites for hydroxylation is 1. The molecule has 3 aromatic heterocycles. The Labute approximate surface area is 184 Å². The first-order chi connectivity index (χ1) is 15.6. The second kappa shape index (κ2) is 8.14. The van der Waals surface area contributed by atoms with Crippen molar-refractivity contribution in [3.05, 3.63) is 48.9 Å². The predicted octanol–water partition coefficient (Wildman–Crippen LogP) is 3.43. The van der Waals surface area contributed by atoms with Crippen LogP contribution in [0.1, 0.15) is 6.92 Å². The van der Waals surface area contributed by atoms with Crippen LogP contribution in [0.5, 0.6) is 17.6 Å². The summed E-state index contributed by atoms with van der Waals surface area (Å²) in [6, 6.07) is 9.73. The zero-order chi connectivity index (χ0) is 22.1. The summed E-state index contributed by atoms with van der Waals surface area (Å²) in [6.07, 6.45) is 5.29. The van der Waals surface area contributed by atoms with Gasteiger partial charge in [0.2, 0.25) is 11.8 Å². The van der Waals surface area contributed by atoms with Crippen molar-refractivity contribution in [2.24, 2.45) is 12.0 Å². The summed E-state index contributed by atoms with van der Waals surface area (Å²) >= 11 is 0. The molecule has 0 saturated carbocycles. The van der Waals surface area contributed by atoms with Gasteiger partial charge in [-0.25, -0.2) is 15.0 Å². The Morgan fingerprint density at radius 2 is 2.00 bits per heavy atom. The maximum absolute atomic E-state index is 6.14. The fourth-order valence-electron chi connectivity index (χ4n) is 3.46. The molecule has 4 heterocycles. The van der Waals surface area contributed by atoms with E-state index in [2.05, 4.69) is 25.0 Å². The summed E-state index contributed by atoms with van der Waals surface area (Å²) in [5.74, 6) is 2.32. The molecule has 0 atom stereocenters. The summed E-state index contributed by atoms with van der Waals surface area (Å²) in [4.78, 5) is 19.7. The molecule has 0 radical (unpaired) electrons. The number of hydrogen-bond donors (Lipinski definition) is 0. The van der Waals surface area contributed by atoms with Gasteiger partial charge in [0, 0.05) is 24.7 Å².